The SMILES string of the molecule is CC(C)[C@H]1CO[C@@H]2Cn3cc(C(=O)CCc4ccc(F)cc4F)c(=O)c(O)c3C(=O)N12. The first-order valence-electron chi connectivity index (χ1n) is 10.1. The molecule has 0 unspecified atom stereocenters. The van der Waals surface area contributed by atoms with E-state index in [0.717, 1.165) is 12.1 Å². The molecule has 164 valence electrons. The Labute approximate surface area is 176 Å². The van der Waals surface area contributed by atoms with Crippen LogP contribution in [0.25, 0.3) is 0 Å². The number of amides is 1. The Bertz CT molecular complexity index is 1130. The summed E-state index contributed by atoms with van der Waals surface area (Å²) in [6.45, 7) is 4.43. The van der Waals surface area contributed by atoms with Gasteiger partial charge in [0.15, 0.2) is 23.5 Å². The van der Waals surface area contributed by atoms with Gasteiger partial charge in [0.25, 0.3) is 5.91 Å². The Balaban J connectivity index is 1.62. The highest BCUT2D eigenvalue weighted by molar-refractivity contribution is 6.00. The van der Waals surface area contributed by atoms with Crippen LogP contribution < -0.4 is 5.43 Å². The van der Waals surface area contributed by atoms with Gasteiger partial charge in [0.2, 0.25) is 5.43 Å². The third-order valence-corrected chi connectivity index (χ3v) is 5.88. The van der Waals surface area contributed by atoms with Gasteiger partial charge in [0.05, 0.1) is 24.8 Å². The molecule has 0 saturated carbocycles. The second kappa shape index (κ2) is 7.88. The van der Waals surface area contributed by atoms with Gasteiger partial charge in [-0.25, -0.2) is 8.78 Å². The number of halogens is 2. The maximum Gasteiger partial charge on any atom is 0.276 e. The fraction of sp³-hybridized carbons (Fsp3) is 0.409. The second-order valence-corrected chi connectivity index (χ2v) is 8.19. The summed E-state index contributed by atoms with van der Waals surface area (Å²) in [5, 5.41) is 10.5. The quantitative estimate of drug-likeness (QED) is 0.734. The van der Waals surface area contributed by atoms with E-state index in [4.69, 9.17) is 4.74 Å². The molecule has 4 rings (SSSR count). The lowest BCUT2D eigenvalue weighted by atomic mass is 10.0. The van der Waals surface area contributed by atoms with Crippen molar-refractivity contribution in [2.45, 2.75) is 45.5 Å². The standard InChI is InChI=1S/C22H22F2N2O5/c1-11(2)16-10-31-18-9-25-8-14(20(28)21(29)19(25)22(30)26(16)18)17(27)6-4-12-3-5-13(23)7-15(12)24/h3,5,7-8,11,16,18,29H,4,6,9-10H2,1-2H3/t16-,18-/m1/s1. The molecule has 1 N–H and O–H groups in total. The van der Waals surface area contributed by atoms with Crippen LogP contribution in [-0.2, 0) is 17.7 Å². The fourth-order valence-corrected chi connectivity index (χ4v) is 4.13. The summed E-state index contributed by atoms with van der Waals surface area (Å²) >= 11 is 0. The molecule has 1 aromatic heterocycles. The number of pyridine rings is 1. The molecule has 0 spiro atoms. The summed E-state index contributed by atoms with van der Waals surface area (Å²) in [6, 6.07) is 2.88. The van der Waals surface area contributed by atoms with Gasteiger partial charge in [0, 0.05) is 18.7 Å². The van der Waals surface area contributed by atoms with Crippen molar-refractivity contribution in [3.05, 3.63) is 63.1 Å². The van der Waals surface area contributed by atoms with Crippen molar-refractivity contribution in [2.24, 2.45) is 5.92 Å². The molecule has 1 fully saturated rings. The van der Waals surface area contributed by atoms with Crippen molar-refractivity contribution in [3.63, 3.8) is 0 Å². The van der Waals surface area contributed by atoms with Crippen LogP contribution in [0.3, 0.4) is 0 Å². The molecule has 1 amide bonds. The van der Waals surface area contributed by atoms with E-state index in [1.54, 1.807) is 0 Å². The lowest BCUT2D eigenvalue weighted by molar-refractivity contribution is 0.00429. The monoisotopic (exact) mass is 432 g/mol. The first-order chi connectivity index (χ1) is 14.7. The predicted molar refractivity (Wildman–Crippen MR) is 106 cm³/mol. The van der Waals surface area contributed by atoms with Crippen molar-refractivity contribution >= 4 is 11.7 Å². The van der Waals surface area contributed by atoms with E-state index < -0.39 is 40.7 Å². The zero-order valence-corrected chi connectivity index (χ0v) is 17.1. The molecule has 0 bridgehead atoms. The van der Waals surface area contributed by atoms with E-state index in [1.165, 1.54) is 21.7 Å². The number of aryl methyl sites for hydroxylation is 1. The number of Topliss-reactive ketones (excluding diaryl/α,β-unsaturated/α-hetero) is 1. The van der Waals surface area contributed by atoms with Crippen molar-refractivity contribution in [1.29, 1.82) is 0 Å². The highest BCUT2D eigenvalue weighted by Crippen LogP contribution is 2.32. The molecule has 3 heterocycles. The van der Waals surface area contributed by atoms with Crippen LogP contribution in [-0.4, -0.2) is 45.1 Å². The minimum Gasteiger partial charge on any atom is -0.503 e. The van der Waals surface area contributed by atoms with Gasteiger partial charge < -0.3 is 19.3 Å². The minimum absolute atomic E-state index is 0.0403. The number of carbonyl (C=O) groups excluding carboxylic acids is 2. The number of rotatable bonds is 5. The Hall–Kier alpha value is -3.07. The Kier molecular flexibility index (Phi) is 5.38. The van der Waals surface area contributed by atoms with E-state index in [-0.39, 0.29) is 48.2 Å². The van der Waals surface area contributed by atoms with Crippen molar-refractivity contribution < 1.29 is 28.2 Å². The number of benzene rings is 1. The predicted octanol–water partition coefficient (Wildman–Crippen LogP) is 2.48. The van der Waals surface area contributed by atoms with Gasteiger partial charge in [-0.3, -0.25) is 14.4 Å². The summed E-state index contributed by atoms with van der Waals surface area (Å²) < 4.78 is 33.9. The largest absolute Gasteiger partial charge is 0.503 e. The third kappa shape index (κ3) is 3.63. The summed E-state index contributed by atoms with van der Waals surface area (Å²) in [5.41, 5.74) is -1.26. The first kappa shape index (κ1) is 21.2. The van der Waals surface area contributed by atoms with Gasteiger partial charge in [-0.2, -0.15) is 0 Å². The second-order valence-electron chi connectivity index (χ2n) is 8.19. The summed E-state index contributed by atoms with van der Waals surface area (Å²) in [5.74, 6) is -3.28. The Morgan fingerprint density at radius 2 is 2.03 bits per heavy atom. The molecule has 1 aromatic carbocycles. The maximum atomic E-state index is 13.8. The molecule has 2 atom stereocenters. The first-order valence-corrected chi connectivity index (χ1v) is 10.1. The molecule has 2 aliphatic rings. The van der Waals surface area contributed by atoms with Crippen molar-refractivity contribution in [3.8, 4) is 5.75 Å². The fourth-order valence-electron chi connectivity index (χ4n) is 4.13. The van der Waals surface area contributed by atoms with Crippen LogP contribution in [0.2, 0.25) is 0 Å². The number of ether oxygens (including phenoxy) is 1. The number of nitrogens with zero attached hydrogens (tertiary/aromatic N) is 2. The smallest absolute Gasteiger partial charge is 0.276 e. The average Bonchev–Trinajstić information content (AvgIpc) is 3.14. The lowest BCUT2D eigenvalue weighted by Crippen LogP contribution is -2.51. The van der Waals surface area contributed by atoms with E-state index in [9.17, 15) is 28.3 Å². The number of hydrogen-bond acceptors (Lipinski definition) is 5. The van der Waals surface area contributed by atoms with Gasteiger partial charge >= 0.3 is 0 Å². The van der Waals surface area contributed by atoms with E-state index in [2.05, 4.69) is 0 Å². The van der Waals surface area contributed by atoms with Crippen LogP contribution in [0.4, 0.5) is 8.78 Å². The average molecular weight is 432 g/mol. The number of ketones is 1. The molecule has 1 saturated heterocycles. The van der Waals surface area contributed by atoms with E-state index >= 15 is 0 Å². The van der Waals surface area contributed by atoms with Crippen LogP contribution in [0.1, 0.15) is 46.7 Å². The maximum absolute atomic E-state index is 13.8. The number of fused-ring (bicyclic) bond motifs is 2. The number of hydrogen-bond donors (Lipinski definition) is 1. The molecule has 0 aliphatic carbocycles. The molecule has 7 nitrogen and oxygen atoms in total. The third-order valence-electron chi connectivity index (χ3n) is 5.88. The van der Waals surface area contributed by atoms with Crippen molar-refractivity contribution in [1.82, 2.24) is 9.47 Å². The van der Waals surface area contributed by atoms with Crippen molar-refractivity contribution in [2.75, 3.05) is 6.61 Å². The zero-order chi connectivity index (χ0) is 22.4. The molecular weight excluding hydrogens is 410 g/mol. The zero-order valence-electron chi connectivity index (χ0n) is 17.1. The lowest BCUT2D eigenvalue weighted by Gasteiger charge is -2.35. The number of aromatic nitrogens is 1. The number of carbonyl (C=O) groups is 2. The van der Waals surface area contributed by atoms with Crippen LogP contribution in [0, 0.1) is 17.6 Å². The normalized spacial score (nSPS) is 20.2. The summed E-state index contributed by atoms with van der Waals surface area (Å²) in [7, 11) is 0. The van der Waals surface area contributed by atoms with Gasteiger partial charge in [-0.15, -0.1) is 0 Å². The Morgan fingerprint density at radius 1 is 1.29 bits per heavy atom. The highest BCUT2D eigenvalue weighted by atomic mass is 19.1. The molecule has 2 aromatic rings. The number of aromatic hydroxyl groups is 1. The highest BCUT2D eigenvalue weighted by Gasteiger charge is 2.45. The van der Waals surface area contributed by atoms with E-state index in [1.807, 2.05) is 13.8 Å². The molecule has 9 heteroatoms. The Morgan fingerprint density at radius 3 is 2.71 bits per heavy atom. The van der Waals surface area contributed by atoms with Crippen LogP contribution >= 0.6 is 0 Å². The van der Waals surface area contributed by atoms with E-state index in [0.29, 0.717) is 6.61 Å². The summed E-state index contributed by atoms with van der Waals surface area (Å²) in [6.07, 6.45) is 0.445. The topological polar surface area (TPSA) is 88.8 Å². The summed E-state index contributed by atoms with van der Waals surface area (Å²) in [4.78, 5) is 39.9. The molecule has 2 aliphatic heterocycles. The van der Waals surface area contributed by atoms with Crippen LogP contribution in [0.5, 0.6) is 5.75 Å². The minimum atomic E-state index is -0.941. The molecular formula is C22H22F2N2O5. The molecule has 31 heavy (non-hydrogen) atoms. The van der Waals surface area contributed by atoms with Gasteiger partial charge in [-0.05, 0) is 24.0 Å². The van der Waals surface area contributed by atoms with Gasteiger partial charge in [-0.1, -0.05) is 19.9 Å². The van der Waals surface area contributed by atoms with Crippen LogP contribution in [0.15, 0.2) is 29.2 Å². The molecule has 0 radical (unpaired) electrons. The van der Waals surface area contributed by atoms with Gasteiger partial charge in [0.1, 0.15) is 11.6 Å².